The van der Waals surface area contributed by atoms with E-state index in [4.69, 9.17) is 9.72 Å². The number of nitrogens with zero attached hydrogens (tertiary/aromatic N) is 5. The number of hydrogen-bond donors (Lipinski definition) is 2. The van der Waals surface area contributed by atoms with Crippen LogP contribution in [0.1, 0.15) is 59.2 Å². The predicted octanol–water partition coefficient (Wildman–Crippen LogP) is 6.20. The van der Waals surface area contributed by atoms with Gasteiger partial charge in [0.2, 0.25) is 15.9 Å². The highest BCUT2D eigenvalue weighted by atomic mass is 32.2. The lowest BCUT2D eigenvalue weighted by atomic mass is 9.89. The second kappa shape index (κ2) is 13.3. The Balaban J connectivity index is 1.26. The molecule has 0 unspecified atom stereocenters. The third kappa shape index (κ3) is 7.20. The molecule has 4 heterocycles. The minimum Gasteiger partial charge on any atom is -0.378 e. The van der Waals surface area contributed by atoms with Gasteiger partial charge in [0.15, 0.2) is 11.5 Å². The lowest BCUT2D eigenvalue weighted by Crippen LogP contribution is -2.38. The van der Waals surface area contributed by atoms with E-state index < -0.39 is 86.5 Å². The van der Waals surface area contributed by atoms with E-state index in [-0.39, 0.29) is 35.6 Å². The number of hydrogen-bond acceptors (Lipinski definition) is 7. The van der Waals surface area contributed by atoms with Gasteiger partial charge < -0.3 is 10.1 Å². The molecule has 3 aromatic heterocycles. The van der Waals surface area contributed by atoms with E-state index in [0.29, 0.717) is 46.0 Å². The van der Waals surface area contributed by atoms with Gasteiger partial charge in [-0.05, 0) is 67.5 Å². The van der Waals surface area contributed by atoms with Crippen molar-refractivity contribution in [1.82, 2.24) is 29.9 Å². The van der Waals surface area contributed by atoms with Crippen LogP contribution in [0.25, 0.3) is 22.0 Å². The summed E-state index contributed by atoms with van der Waals surface area (Å²) in [5, 5.41) is 10.9. The molecule has 0 radical (unpaired) electrons. The number of nitrogens with one attached hydrogen (secondary N) is 2. The Morgan fingerprint density at radius 2 is 1.79 bits per heavy atom. The maximum absolute atomic E-state index is 15.4. The molecule has 0 spiro atoms. The van der Waals surface area contributed by atoms with Gasteiger partial charge in [-0.3, -0.25) is 18.9 Å². The fraction of sp³-hybridized carbons (Fsp3) is 0.368. The minimum absolute atomic E-state index is 0.0179. The summed E-state index contributed by atoms with van der Waals surface area (Å²) >= 11 is 0. The molecule has 8 rings (SSSR count). The topological polar surface area (TPSA) is 133 Å². The molecule has 3 atom stereocenters. The molecule has 0 bridgehead atoms. The quantitative estimate of drug-likeness (QED) is 0.134. The van der Waals surface area contributed by atoms with Gasteiger partial charge in [-0.25, -0.2) is 22.2 Å². The molecule has 19 heteroatoms. The third-order valence-electron chi connectivity index (χ3n) is 10.2. The van der Waals surface area contributed by atoms with Crippen LogP contribution in [0.2, 0.25) is 0 Å². The maximum Gasteiger partial charge on any atom is 0.435 e. The summed E-state index contributed by atoms with van der Waals surface area (Å²) in [6, 6.07) is 9.53. The zero-order valence-electron chi connectivity index (χ0n) is 30.3. The van der Waals surface area contributed by atoms with Crippen LogP contribution in [-0.4, -0.2) is 58.3 Å². The SMILES string of the molecule is Cn1nc(NS(C)(=O)=O)c2cccc(-c3ccc(C#CC4(C)COC4)nc3[C@H](Cc3cc(F)cc(F)c3)NC(=O)Cn3nc(C(F)(F)F)c4c3C(F)(F)[C@@H]3C[C@H]43)c21. The van der Waals surface area contributed by atoms with E-state index >= 15 is 8.78 Å². The van der Waals surface area contributed by atoms with Crippen molar-refractivity contribution < 1.29 is 48.7 Å². The molecule has 2 aromatic carbocycles. The van der Waals surface area contributed by atoms with Gasteiger partial charge in [-0.1, -0.05) is 18.1 Å². The zero-order valence-corrected chi connectivity index (χ0v) is 31.1. The van der Waals surface area contributed by atoms with E-state index in [9.17, 15) is 35.2 Å². The van der Waals surface area contributed by atoms with Crippen LogP contribution in [0.4, 0.5) is 36.6 Å². The van der Waals surface area contributed by atoms with Crippen LogP contribution in [-0.2, 0) is 51.7 Å². The number of benzene rings is 2. The van der Waals surface area contributed by atoms with Gasteiger partial charge >= 0.3 is 6.18 Å². The first kappa shape index (κ1) is 38.4. The summed E-state index contributed by atoms with van der Waals surface area (Å²) in [5.74, 6) is -2.80. The molecule has 2 N–H and O–H groups in total. The van der Waals surface area contributed by atoms with E-state index in [1.165, 1.54) is 4.68 Å². The average Bonchev–Trinajstić information content (AvgIpc) is 3.64. The second-order valence-corrected chi connectivity index (χ2v) is 16.7. The lowest BCUT2D eigenvalue weighted by molar-refractivity contribution is -0.142. The van der Waals surface area contributed by atoms with E-state index in [1.807, 2.05) is 6.92 Å². The summed E-state index contributed by atoms with van der Waals surface area (Å²) in [5.41, 5.74) is -2.04. The number of sulfonamides is 1. The Morgan fingerprint density at radius 3 is 2.44 bits per heavy atom. The van der Waals surface area contributed by atoms with Gasteiger partial charge in [-0.2, -0.15) is 32.1 Å². The smallest absolute Gasteiger partial charge is 0.378 e. The molecular formula is C38H32F7N7O4S. The van der Waals surface area contributed by atoms with Crippen molar-refractivity contribution in [1.29, 1.82) is 0 Å². The van der Waals surface area contributed by atoms with Crippen LogP contribution in [0.5, 0.6) is 0 Å². The molecule has 2 aliphatic carbocycles. The summed E-state index contributed by atoms with van der Waals surface area (Å²) in [6.45, 7) is 1.57. The number of rotatable bonds is 9. The van der Waals surface area contributed by atoms with E-state index in [1.54, 1.807) is 37.4 Å². The predicted molar refractivity (Wildman–Crippen MR) is 191 cm³/mol. The molecule has 1 amide bonds. The minimum atomic E-state index is -5.06. The zero-order chi connectivity index (χ0) is 40.8. The first-order valence-corrected chi connectivity index (χ1v) is 19.5. The summed E-state index contributed by atoms with van der Waals surface area (Å²) in [7, 11) is -2.19. The Bertz CT molecular complexity index is 2640. The van der Waals surface area contributed by atoms with Gasteiger partial charge in [0.25, 0.3) is 5.92 Å². The number of alkyl halides is 5. The first-order chi connectivity index (χ1) is 26.7. The van der Waals surface area contributed by atoms with Crippen molar-refractivity contribution >= 4 is 32.7 Å². The molecule has 1 saturated heterocycles. The van der Waals surface area contributed by atoms with E-state index in [0.717, 1.165) is 18.4 Å². The highest BCUT2D eigenvalue weighted by Crippen LogP contribution is 2.68. The monoisotopic (exact) mass is 815 g/mol. The van der Waals surface area contributed by atoms with Crippen LogP contribution in [0.3, 0.4) is 0 Å². The van der Waals surface area contributed by atoms with Crippen LogP contribution >= 0.6 is 0 Å². The van der Waals surface area contributed by atoms with E-state index in [2.05, 4.69) is 32.1 Å². The van der Waals surface area contributed by atoms with Crippen molar-refractivity contribution in [3.63, 3.8) is 0 Å². The fourth-order valence-electron chi connectivity index (χ4n) is 7.69. The molecule has 11 nitrogen and oxygen atoms in total. The fourth-order valence-corrected chi connectivity index (χ4v) is 8.19. The number of amides is 1. The number of carbonyl (C=O) groups is 1. The van der Waals surface area contributed by atoms with Crippen molar-refractivity contribution in [3.05, 3.63) is 94.1 Å². The molecule has 1 aliphatic heterocycles. The lowest BCUT2D eigenvalue weighted by Gasteiger charge is -2.32. The molecule has 298 valence electrons. The van der Waals surface area contributed by atoms with Crippen molar-refractivity contribution in [2.24, 2.45) is 18.4 Å². The number of carbonyl (C=O) groups excluding carboxylic acids is 1. The van der Waals surface area contributed by atoms with Crippen molar-refractivity contribution in [2.75, 3.05) is 24.2 Å². The Kier molecular flexibility index (Phi) is 8.96. The Morgan fingerprint density at radius 1 is 1.07 bits per heavy atom. The number of para-hydroxylation sites is 1. The van der Waals surface area contributed by atoms with Crippen LogP contribution in [0, 0.1) is 34.8 Å². The van der Waals surface area contributed by atoms with Crippen molar-refractivity contribution in [3.8, 4) is 23.0 Å². The largest absolute Gasteiger partial charge is 0.435 e. The molecular weight excluding hydrogens is 784 g/mol. The number of fused-ring (bicyclic) bond motifs is 4. The Hall–Kier alpha value is -5.48. The second-order valence-electron chi connectivity index (χ2n) is 14.9. The summed E-state index contributed by atoms with van der Waals surface area (Å²) < 4.78 is 136. The number of ether oxygens (including phenoxy) is 1. The standard InChI is InChI=1S/C38H32F7N7O4S/c1-36(17-56-18-36)10-9-22-7-8-23(24-5-4-6-25-32(24)51(2)49-35(25)50-57(3,54)55)31(46-22)28(13-19-11-20(39)14-21(40)12-19)47-29(53)16-52-34-30(33(48-52)38(43,44)45)26-15-27(26)37(34,41)42/h4-8,11-12,14,26-28H,13,15-18H2,1-3H3,(H,47,53)(H,49,50)/t26-,27+,28-/m0/s1. The van der Waals surface area contributed by atoms with Crippen LogP contribution in [0.15, 0.2) is 48.5 Å². The number of aryl methyl sites for hydroxylation is 1. The average molecular weight is 816 g/mol. The molecule has 57 heavy (non-hydrogen) atoms. The highest BCUT2D eigenvalue weighted by Gasteiger charge is 2.68. The van der Waals surface area contributed by atoms with Gasteiger partial charge in [0.05, 0.1) is 42.1 Å². The first-order valence-electron chi connectivity index (χ1n) is 17.6. The normalized spacial score (nSPS) is 19.5. The van der Waals surface area contributed by atoms with Gasteiger partial charge in [0.1, 0.15) is 29.6 Å². The van der Waals surface area contributed by atoms with Gasteiger partial charge in [-0.15, -0.1) is 0 Å². The number of anilines is 1. The number of pyridine rings is 1. The summed E-state index contributed by atoms with van der Waals surface area (Å²) in [6.07, 6.45) is -4.57. The molecule has 5 aromatic rings. The molecule has 1 saturated carbocycles. The Labute approximate surface area is 320 Å². The third-order valence-corrected chi connectivity index (χ3v) is 10.8. The van der Waals surface area contributed by atoms with Crippen molar-refractivity contribution in [2.45, 2.75) is 50.4 Å². The maximum atomic E-state index is 15.4. The van der Waals surface area contributed by atoms with Crippen LogP contribution < -0.4 is 10.0 Å². The number of halogens is 7. The summed E-state index contributed by atoms with van der Waals surface area (Å²) in [4.78, 5) is 18.7. The van der Waals surface area contributed by atoms with Gasteiger partial charge in [0, 0.05) is 41.1 Å². The number of aromatic nitrogens is 5. The highest BCUT2D eigenvalue weighted by molar-refractivity contribution is 7.92. The molecule has 3 aliphatic rings. The molecule has 2 fully saturated rings.